The Bertz CT molecular complexity index is 799. The van der Waals surface area contributed by atoms with Gasteiger partial charge < -0.3 is 4.90 Å². The van der Waals surface area contributed by atoms with E-state index in [2.05, 4.69) is 4.98 Å². The van der Waals surface area contributed by atoms with Crippen LogP contribution in [0.1, 0.15) is 10.6 Å². The van der Waals surface area contributed by atoms with Crippen molar-refractivity contribution >= 4 is 40.2 Å². The van der Waals surface area contributed by atoms with Crippen LogP contribution in [0.15, 0.2) is 47.2 Å². The van der Waals surface area contributed by atoms with Gasteiger partial charge in [-0.05, 0) is 17.5 Å². The Labute approximate surface area is 148 Å². The second kappa shape index (κ2) is 7.25. The molecule has 0 aliphatic rings. The fraction of sp³-hybridized carbons (Fsp3) is 0.176. The summed E-state index contributed by atoms with van der Waals surface area (Å²) in [5.74, 6) is 0.0643. The summed E-state index contributed by atoms with van der Waals surface area (Å²) in [7, 11) is 1.82. The summed E-state index contributed by atoms with van der Waals surface area (Å²) in [5, 5.41) is 5.47. The summed E-state index contributed by atoms with van der Waals surface area (Å²) >= 11 is 9.36. The number of benzene rings is 1. The first-order valence-electron chi connectivity index (χ1n) is 7.09. The smallest absolute Gasteiger partial charge is 0.228 e. The molecule has 0 bridgehead atoms. The Balaban J connectivity index is 1.67. The molecular weight excluding hydrogens is 348 g/mol. The number of thiophene rings is 1. The minimum Gasteiger partial charge on any atom is -0.340 e. The van der Waals surface area contributed by atoms with Crippen LogP contribution in [0.3, 0.4) is 0 Å². The van der Waals surface area contributed by atoms with Gasteiger partial charge in [0, 0.05) is 22.9 Å². The van der Waals surface area contributed by atoms with E-state index >= 15 is 0 Å². The van der Waals surface area contributed by atoms with Crippen LogP contribution in [0.2, 0.25) is 5.02 Å². The highest BCUT2D eigenvalue weighted by atomic mass is 35.5. The van der Waals surface area contributed by atoms with Crippen molar-refractivity contribution in [1.29, 1.82) is 0 Å². The number of hydrogen-bond acceptors (Lipinski definition) is 4. The first-order chi connectivity index (χ1) is 11.1. The van der Waals surface area contributed by atoms with Gasteiger partial charge in [0.25, 0.3) is 0 Å². The minimum atomic E-state index is 0.0643. The standard InChI is InChI=1S/C17H15ClN2OS2/c1-20(10-13-5-4-8-22-13)16(21)9-12-11-23-17(19-12)14-6-2-3-7-15(14)18/h2-8,11H,9-10H2,1H3. The van der Waals surface area contributed by atoms with Crippen molar-refractivity contribution in [1.82, 2.24) is 9.88 Å². The molecule has 0 N–H and O–H groups in total. The third kappa shape index (κ3) is 3.99. The van der Waals surface area contributed by atoms with Crippen LogP contribution in [0.25, 0.3) is 10.6 Å². The number of amides is 1. The Morgan fingerprint density at radius 2 is 2.04 bits per heavy atom. The molecule has 1 amide bonds. The third-order valence-corrected chi connectivity index (χ3v) is 5.50. The number of carbonyl (C=O) groups is 1. The SMILES string of the molecule is CN(Cc1cccs1)C(=O)Cc1csc(-c2ccccc2Cl)n1. The van der Waals surface area contributed by atoms with Gasteiger partial charge in [0.15, 0.2) is 0 Å². The van der Waals surface area contributed by atoms with Crippen LogP contribution in [-0.2, 0) is 17.8 Å². The molecule has 0 unspecified atom stereocenters. The number of hydrogen-bond donors (Lipinski definition) is 0. The molecule has 6 heteroatoms. The number of rotatable bonds is 5. The summed E-state index contributed by atoms with van der Waals surface area (Å²) < 4.78 is 0. The molecule has 23 heavy (non-hydrogen) atoms. The summed E-state index contributed by atoms with van der Waals surface area (Å²) in [6.07, 6.45) is 0.308. The maximum absolute atomic E-state index is 12.3. The van der Waals surface area contributed by atoms with Gasteiger partial charge in [-0.25, -0.2) is 4.98 Å². The van der Waals surface area contributed by atoms with Crippen molar-refractivity contribution in [2.24, 2.45) is 0 Å². The molecule has 0 radical (unpaired) electrons. The molecule has 2 aromatic heterocycles. The van der Waals surface area contributed by atoms with Gasteiger partial charge in [-0.3, -0.25) is 4.79 Å². The Kier molecular flexibility index (Phi) is 5.10. The topological polar surface area (TPSA) is 33.2 Å². The van der Waals surface area contributed by atoms with E-state index in [9.17, 15) is 4.79 Å². The first-order valence-corrected chi connectivity index (χ1v) is 9.23. The molecule has 0 aliphatic heterocycles. The molecule has 0 spiro atoms. The number of carbonyl (C=O) groups excluding carboxylic acids is 1. The fourth-order valence-corrected chi connectivity index (χ4v) is 4.06. The van der Waals surface area contributed by atoms with Crippen molar-refractivity contribution in [2.75, 3.05) is 7.05 Å². The second-order valence-corrected chi connectivity index (χ2v) is 7.43. The molecule has 3 nitrogen and oxygen atoms in total. The molecule has 0 atom stereocenters. The van der Waals surface area contributed by atoms with Gasteiger partial charge >= 0.3 is 0 Å². The van der Waals surface area contributed by atoms with E-state index in [1.54, 1.807) is 16.2 Å². The Hall–Kier alpha value is -1.69. The number of nitrogens with zero attached hydrogens (tertiary/aromatic N) is 2. The quantitative estimate of drug-likeness (QED) is 0.657. The Morgan fingerprint density at radius 1 is 1.22 bits per heavy atom. The molecule has 1 aromatic carbocycles. The molecule has 0 aliphatic carbocycles. The molecule has 118 valence electrons. The van der Waals surface area contributed by atoms with Crippen LogP contribution in [0.5, 0.6) is 0 Å². The maximum Gasteiger partial charge on any atom is 0.228 e. The maximum atomic E-state index is 12.3. The average Bonchev–Trinajstić information content (AvgIpc) is 3.19. The molecule has 3 aromatic rings. The lowest BCUT2D eigenvalue weighted by atomic mass is 10.2. The van der Waals surface area contributed by atoms with Gasteiger partial charge in [-0.2, -0.15) is 0 Å². The monoisotopic (exact) mass is 362 g/mol. The van der Waals surface area contributed by atoms with Crippen molar-refractivity contribution < 1.29 is 4.79 Å². The first kappa shape index (κ1) is 16.2. The highest BCUT2D eigenvalue weighted by Crippen LogP contribution is 2.30. The van der Waals surface area contributed by atoms with E-state index in [0.717, 1.165) is 16.3 Å². The van der Waals surface area contributed by atoms with E-state index in [-0.39, 0.29) is 5.91 Å². The zero-order valence-corrected chi connectivity index (χ0v) is 14.9. The normalized spacial score (nSPS) is 10.7. The van der Waals surface area contributed by atoms with Crippen molar-refractivity contribution in [3.05, 3.63) is 62.8 Å². The van der Waals surface area contributed by atoms with E-state index in [0.29, 0.717) is 18.0 Å². The third-order valence-electron chi connectivity index (χ3n) is 3.39. The fourth-order valence-electron chi connectivity index (χ4n) is 2.16. The Morgan fingerprint density at radius 3 is 2.78 bits per heavy atom. The van der Waals surface area contributed by atoms with Crippen LogP contribution >= 0.6 is 34.3 Å². The van der Waals surface area contributed by atoms with Crippen molar-refractivity contribution in [3.8, 4) is 10.6 Å². The molecule has 3 rings (SSSR count). The average molecular weight is 363 g/mol. The summed E-state index contributed by atoms with van der Waals surface area (Å²) in [6.45, 7) is 0.637. The predicted octanol–water partition coefficient (Wildman–Crippen LogP) is 4.73. The highest BCUT2D eigenvalue weighted by molar-refractivity contribution is 7.13. The van der Waals surface area contributed by atoms with Gasteiger partial charge in [-0.15, -0.1) is 22.7 Å². The summed E-state index contributed by atoms with van der Waals surface area (Å²) in [6, 6.07) is 11.6. The molecule has 2 heterocycles. The van der Waals surface area contributed by atoms with Crippen molar-refractivity contribution in [2.45, 2.75) is 13.0 Å². The molecule has 0 fully saturated rings. The summed E-state index contributed by atoms with van der Waals surface area (Å²) in [5.41, 5.74) is 1.69. The predicted molar refractivity (Wildman–Crippen MR) is 97.1 cm³/mol. The second-order valence-electron chi connectivity index (χ2n) is 5.13. The number of thiazole rings is 1. The minimum absolute atomic E-state index is 0.0643. The van der Waals surface area contributed by atoms with Crippen LogP contribution in [0, 0.1) is 0 Å². The lowest BCUT2D eigenvalue weighted by Gasteiger charge is -2.15. The molecular formula is C17H15ClN2OS2. The largest absolute Gasteiger partial charge is 0.340 e. The van der Waals surface area contributed by atoms with Gasteiger partial charge in [0.1, 0.15) is 5.01 Å². The zero-order valence-electron chi connectivity index (χ0n) is 12.5. The van der Waals surface area contributed by atoms with E-state index in [1.807, 2.05) is 54.2 Å². The number of halogens is 1. The lowest BCUT2D eigenvalue weighted by Crippen LogP contribution is -2.27. The van der Waals surface area contributed by atoms with Gasteiger partial charge in [0.2, 0.25) is 5.91 Å². The lowest BCUT2D eigenvalue weighted by molar-refractivity contribution is -0.129. The van der Waals surface area contributed by atoms with E-state index in [1.165, 1.54) is 16.2 Å². The van der Waals surface area contributed by atoms with Crippen LogP contribution < -0.4 is 0 Å². The van der Waals surface area contributed by atoms with Crippen LogP contribution in [-0.4, -0.2) is 22.8 Å². The zero-order chi connectivity index (χ0) is 16.2. The van der Waals surface area contributed by atoms with E-state index < -0.39 is 0 Å². The van der Waals surface area contributed by atoms with Gasteiger partial charge in [0.05, 0.1) is 23.7 Å². The summed E-state index contributed by atoms with van der Waals surface area (Å²) in [4.78, 5) is 19.8. The highest BCUT2D eigenvalue weighted by Gasteiger charge is 2.14. The van der Waals surface area contributed by atoms with E-state index in [4.69, 9.17) is 11.6 Å². The number of likely N-dealkylation sites (N-methyl/N-ethyl adjacent to an activating group) is 1. The van der Waals surface area contributed by atoms with Gasteiger partial charge in [-0.1, -0.05) is 35.9 Å². The van der Waals surface area contributed by atoms with Crippen molar-refractivity contribution in [3.63, 3.8) is 0 Å². The molecule has 0 saturated carbocycles. The molecule has 0 saturated heterocycles. The van der Waals surface area contributed by atoms with Crippen LogP contribution in [0.4, 0.5) is 0 Å². The number of aromatic nitrogens is 1.